The fourth-order valence-electron chi connectivity index (χ4n) is 3.23. The number of rotatable bonds is 7. The van der Waals surface area contributed by atoms with Gasteiger partial charge in [-0.1, -0.05) is 6.07 Å². The van der Waals surface area contributed by atoms with E-state index in [0.717, 1.165) is 35.7 Å². The van der Waals surface area contributed by atoms with Crippen LogP contribution in [0, 0.1) is 18.3 Å². The number of hydrogen-bond donors (Lipinski definition) is 2. The number of aromatic nitrogens is 1. The molecule has 0 saturated carbocycles. The Hall–Kier alpha value is -3.85. The van der Waals surface area contributed by atoms with Crippen LogP contribution in [0.3, 0.4) is 0 Å². The van der Waals surface area contributed by atoms with Crippen LogP contribution >= 0.6 is 0 Å². The molecule has 30 heavy (non-hydrogen) atoms. The van der Waals surface area contributed by atoms with Crippen LogP contribution in [0.5, 0.6) is 0 Å². The van der Waals surface area contributed by atoms with E-state index in [9.17, 15) is 4.79 Å². The number of benzene rings is 2. The van der Waals surface area contributed by atoms with Crippen LogP contribution in [0.15, 0.2) is 60.9 Å². The summed E-state index contributed by atoms with van der Waals surface area (Å²) in [7, 11) is 0. The van der Waals surface area contributed by atoms with Gasteiger partial charge in [0.1, 0.15) is 0 Å². The summed E-state index contributed by atoms with van der Waals surface area (Å²) in [6.07, 6.45) is 3.17. The van der Waals surface area contributed by atoms with E-state index in [2.05, 4.69) is 46.5 Å². The van der Waals surface area contributed by atoms with Crippen LogP contribution in [0.4, 0.5) is 22.7 Å². The first kappa shape index (κ1) is 20.9. The van der Waals surface area contributed by atoms with Gasteiger partial charge in [-0.05, 0) is 68.8 Å². The zero-order valence-electron chi connectivity index (χ0n) is 17.4. The molecule has 2 N–H and O–H groups in total. The number of carbonyl (C=O) groups is 1. The van der Waals surface area contributed by atoms with Crippen molar-refractivity contribution >= 4 is 28.7 Å². The van der Waals surface area contributed by atoms with E-state index in [-0.39, 0.29) is 5.91 Å². The zero-order chi connectivity index (χ0) is 21.5. The maximum absolute atomic E-state index is 12.8. The molecule has 0 unspecified atom stereocenters. The van der Waals surface area contributed by atoms with Gasteiger partial charge in [0, 0.05) is 36.3 Å². The van der Waals surface area contributed by atoms with Crippen LogP contribution < -0.4 is 15.5 Å². The Morgan fingerprint density at radius 1 is 1.07 bits per heavy atom. The van der Waals surface area contributed by atoms with Crippen molar-refractivity contribution in [2.75, 3.05) is 28.6 Å². The number of nitrogens with zero attached hydrogens (tertiary/aromatic N) is 3. The second-order valence-corrected chi connectivity index (χ2v) is 6.91. The molecule has 1 heterocycles. The Morgan fingerprint density at radius 3 is 2.57 bits per heavy atom. The quantitative estimate of drug-likeness (QED) is 0.577. The molecule has 3 aromatic rings. The summed E-state index contributed by atoms with van der Waals surface area (Å²) in [6.45, 7) is 8.11. The average Bonchev–Trinajstić information content (AvgIpc) is 2.76. The molecular formula is C24H25N5O. The molecule has 0 atom stereocenters. The molecule has 6 nitrogen and oxygen atoms in total. The molecule has 1 aromatic heterocycles. The summed E-state index contributed by atoms with van der Waals surface area (Å²) >= 11 is 0. The minimum absolute atomic E-state index is 0.226. The molecule has 3 rings (SSSR count). The molecule has 0 fully saturated rings. The predicted molar refractivity (Wildman–Crippen MR) is 121 cm³/mol. The van der Waals surface area contributed by atoms with Crippen molar-refractivity contribution < 1.29 is 4.79 Å². The van der Waals surface area contributed by atoms with Gasteiger partial charge in [0.25, 0.3) is 5.91 Å². The third-order valence-electron chi connectivity index (χ3n) is 4.87. The molecule has 152 valence electrons. The summed E-state index contributed by atoms with van der Waals surface area (Å²) in [5, 5.41) is 15.2. The highest BCUT2D eigenvalue weighted by Crippen LogP contribution is 2.24. The Labute approximate surface area is 177 Å². The molecule has 1 amide bonds. The SMILES string of the molecule is CCN(CC)c1ccc(NC(=O)c2cncc(Nc3cccc(C#N)c3)c2)c(C)c1. The Bertz CT molecular complexity index is 1080. The first-order valence-electron chi connectivity index (χ1n) is 9.93. The fourth-order valence-corrected chi connectivity index (χ4v) is 3.23. The number of anilines is 4. The number of nitriles is 1. The lowest BCUT2D eigenvalue weighted by Gasteiger charge is -2.22. The topological polar surface area (TPSA) is 81.1 Å². The van der Waals surface area contributed by atoms with Gasteiger partial charge in [0.05, 0.1) is 29.1 Å². The van der Waals surface area contributed by atoms with Gasteiger partial charge < -0.3 is 15.5 Å². The highest BCUT2D eigenvalue weighted by molar-refractivity contribution is 6.05. The number of amides is 1. The molecule has 0 radical (unpaired) electrons. The van der Waals surface area contributed by atoms with E-state index in [1.54, 1.807) is 30.5 Å². The zero-order valence-corrected chi connectivity index (χ0v) is 17.4. The molecule has 0 spiro atoms. The van der Waals surface area contributed by atoms with Crippen LogP contribution in [-0.4, -0.2) is 24.0 Å². The monoisotopic (exact) mass is 399 g/mol. The molecule has 2 aromatic carbocycles. The average molecular weight is 399 g/mol. The molecule has 6 heteroatoms. The van der Waals surface area contributed by atoms with E-state index in [4.69, 9.17) is 5.26 Å². The lowest BCUT2D eigenvalue weighted by atomic mass is 10.1. The number of nitrogens with one attached hydrogen (secondary N) is 2. The summed E-state index contributed by atoms with van der Waals surface area (Å²) in [6, 6.07) is 17.0. The van der Waals surface area contributed by atoms with Crippen molar-refractivity contribution in [3.05, 3.63) is 77.6 Å². The normalized spacial score (nSPS) is 10.2. The number of pyridine rings is 1. The van der Waals surface area contributed by atoms with E-state index in [0.29, 0.717) is 16.8 Å². The largest absolute Gasteiger partial charge is 0.372 e. The fraction of sp³-hybridized carbons (Fsp3) is 0.208. The van der Waals surface area contributed by atoms with Gasteiger partial charge in [-0.15, -0.1) is 0 Å². The maximum Gasteiger partial charge on any atom is 0.257 e. The molecule has 0 aliphatic heterocycles. The van der Waals surface area contributed by atoms with Crippen molar-refractivity contribution in [1.82, 2.24) is 4.98 Å². The number of aryl methyl sites for hydroxylation is 1. The molecule has 0 saturated heterocycles. The van der Waals surface area contributed by atoms with Crippen molar-refractivity contribution in [3.8, 4) is 6.07 Å². The summed E-state index contributed by atoms with van der Waals surface area (Å²) in [4.78, 5) is 19.2. The van der Waals surface area contributed by atoms with Gasteiger partial charge >= 0.3 is 0 Å². The van der Waals surface area contributed by atoms with Gasteiger partial charge in [0.2, 0.25) is 0 Å². The summed E-state index contributed by atoms with van der Waals surface area (Å²) in [5.74, 6) is -0.226. The lowest BCUT2D eigenvalue weighted by Crippen LogP contribution is -2.22. The highest BCUT2D eigenvalue weighted by Gasteiger charge is 2.11. The second kappa shape index (κ2) is 9.57. The predicted octanol–water partition coefficient (Wildman–Crippen LogP) is 5.10. The maximum atomic E-state index is 12.8. The van der Waals surface area contributed by atoms with Crippen LogP contribution in [0.2, 0.25) is 0 Å². The summed E-state index contributed by atoms with van der Waals surface area (Å²) in [5.41, 5.74) is 5.36. The van der Waals surface area contributed by atoms with E-state index < -0.39 is 0 Å². The second-order valence-electron chi connectivity index (χ2n) is 6.91. The Balaban J connectivity index is 1.74. The third kappa shape index (κ3) is 4.95. The van der Waals surface area contributed by atoms with E-state index in [1.165, 1.54) is 6.20 Å². The van der Waals surface area contributed by atoms with Gasteiger partial charge in [-0.3, -0.25) is 9.78 Å². The Morgan fingerprint density at radius 2 is 1.87 bits per heavy atom. The van der Waals surface area contributed by atoms with Crippen LogP contribution in [0.25, 0.3) is 0 Å². The van der Waals surface area contributed by atoms with Gasteiger partial charge in [-0.2, -0.15) is 5.26 Å². The van der Waals surface area contributed by atoms with Crippen molar-refractivity contribution in [3.63, 3.8) is 0 Å². The van der Waals surface area contributed by atoms with Gasteiger partial charge in [-0.25, -0.2) is 0 Å². The van der Waals surface area contributed by atoms with Crippen molar-refractivity contribution in [2.24, 2.45) is 0 Å². The Kier molecular flexibility index (Phi) is 6.66. The molecule has 0 aliphatic carbocycles. The molecular weight excluding hydrogens is 374 g/mol. The number of carbonyl (C=O) groups excluding carboxylic acids is 1. The first-order chi connectivity index (χ1) is 14.5. The minimum Gasteiger partial charge on any atom is -0.372 e. The van der Waals surface area contributed by atoms with Crippen molar-refractivity contribution in [1.29, 1.82) is 5.26 Å². The number of hydrogen-bond acceptors (Lipinski definition) is 5. The third-order valence-corrected chi connectivity index (χ3v) is 4.87. The van der Waals surface area contributed by atoms with Crippen molar-refractivity contribution in [2.45, 2.75) is 20.8 Å². The van der Waals surface area contributed by atoms with Gasteiger partial charge in [0.15, 0.2) is 0 Å². The van der Waals surface area contributed by atoms with Crippen LogP contribution in [0.1, 0.15) is 35.3 Å². The first-order valence-corrected chi connectivity index (χ1v) is 9.93. The standard InChI is InChI=1S/C24H25N5O/c1-4-29(5-2)22-9-10-23(17(3)11-22)28-24(30)19-13-21(16-26-15-19)27-20-8-6-7-18(12-20)14-25/h6-13,15-16,27H,4-5H2,1-3H3,(H,28,30). The van der Waals surface area contributed by atoms with E-state index >= 15 is 0 Å². The highest BCUT2D eigenvalue weighted by atomic mass is 16.1. The smallest absolute Gasteiger partial charge is 0.257 e. The molecule has 0 aliphatic rings. The van der Waals surface area contributed by atoms with Crippen LogP contribution in [-0.2, 0) is 0 Å². The molecule has 0 bridgehead atoms. The minimum atomic E-state index is -0.226. The van der Waals surface area contributed by atoms with E-state index in [1.807, 2.05) is 25.1 Å². The lowest BCUT2D eigenvalue weighted by molar-refractivity contribution is 0.102. The summed E-state index contributed by atoms with van der Waals surface area (Å²) < 4.78 is 0.